The Bertz CT molecular complexity index is 282. The molecule has 3 rings (SSSR count). The average Bonchev–Trinajstić information content (AvgIpc) is 2.73. The van der Waals surface area contributed by atoms with Gasteiger partial charge in [0.15, 0.2) is 0 Å². The van der Waals surface area contributed by atoms with E-state index in [-0.39, 0.29) is 12.2 Å². The predicted molar refractivity (Wildman–Crippen MR) is 55.3 cm³/mol. The fraction of sp³-hybridized carbons (Fsp3) is 0.909. The van der Waals surface area contributed by atoms with Gasteiger partial charge in [0, 0.05) is 6.04 Å². The van der Waals surface area contributed by atoms with Crippen molar-refractivity contribution >= 4 is 5.97 Å². The quantitative estimate of drug-likeness (QED) is 0.591. The van der Waals surface area contributed by atoms with Crippen molar-refractivity contribution in [2.45, 2.75) is 50.4 Å². The first-order valence-corrected chi connectivity index (χ1v) is 6.00. The lowest BCUT2D eigenvalue weighted by Crippen LogP contribution is -2.45. The van der Waals surface area contributed by atoms with Crippen LogP contribution >= 0.6 is 0 Å². The number of fused-ring (bicyclic) bond motifs is 3. The molecule has 0 spiro atoms. The summed E-state index contributed by atoms with van der Waals surface area (Å²) in [7, 11) is 0. The van der Waals surface area contributed by atoms with E-state index in [9.17, 15) is 4.79 Å². The van der Waals surface area contributed by atoms with Gasteiger partial charge in [0.1, 0.15) is 6.04 Å². The Kier molecular flexibility index (Phi) is 2.21. The Balaban J connectivity index is 1.72. The van der Waals surface area contributed by atoms with Gasteiger partial charge in [-0.3, -0.25) is 15.4 Å². The molecule has 0 bridgehead atoms. The van der Waals surface area contributed by atoms with Gasteiger partial charge >= 0.3 is 5.97 Å². The van der Waals surface area contributed by atoms with Gasteiger partial charge in [-0.25, -0.2) is 0 Å². The van der Waals surface area contributed by atoms with Crippen LogP contribution in [0.15, 0.2) is 0 Å². The van der Waals surface area contributed by atoms with Crippen LogP contribution in [0, 0.1) is 11.8 Å². The minimum atomic E-state index is -0.696. The van der Waals surface area contributed by atoms with Crippen LogP contribution in [0.1, 0.15) is 32.1 Å². The van der Waals surface area contributed by atoms with Crippen LogP contribution in [0.3, 0.4) is 0 Å². The smallest absolute Gasteiger partial charge is 0.320 e. The van der Waals surface area contributed by atoms with Gasteiger partial charge in [-0.2, -0.15) is 0 Å². The predicted octanol–water partition coefficient (Wildman–Crippen LogP) is 0.537. The highest BCUT2D eigenvalue weighted by atomic mass is 16.4. The highest BCUT2D eigenvalue weighted by Gasteiger charge is 2.49. The first-order valence-electron chi connectivity index (χ1n) is 6.00. The Hall–Kier alpha value is -0.610. The van der Waals surface area contributed by atoms with E-state index in [0.29, 0.717) is 12.0 Å². The molecular weight excluding hydrogens is 192 g/mol. The van der Waals surface area contributed by atoms with Gasteiger partial charge in [-0.05, 0) is 31.1 Å². The van der Waals surface area contributed by atoms with Crippen molar-refractivity contribution in [1.29, 1.82) is 0 Å². The Morgan fingerprint density at radius 3 is 2.73 bits per heavy atom. The number of rotatable bonds is 1. The normalized spacial score (nSPS) is 48.7. The van der Waals surface area contributed by atoms with Gasteiger partial charge in [-0.1, -0.05) is 12.8 Å². The molecule has 0 radical (unpaired) electrons. The summed E-state index contributed by atoms with van der Waals surface area (Å²) in [6, 6.07) is 0.325. The SMILES string of the molecule is O=C(O)C1CC2C(N1)NC1CCCCC12. The molecule has 2 aliphatic heterocycles. The molecule has 84 valence electrons. The largest absolute Gasteiger partial charge is 0.480 e. The zero-order chi connectivity index (χ0) is 10.4. The van der Waals surface area contributed by atoms with Gasteiger partial charge in [0.05, 0.1) is 6.17 Å². The van der Waals surface area contributed by atoms with Gasteiger partial charge in [-0.15, -0.1) is 0 Å². The van der Waals surface area contributed by atoms with E-state index >= 15 is 0 Å². The number of aliphatic carboxylic acids is 1. The minimum Gasteiger partial charge on any atom is -0.480 e. The molecule has 0 aromatic rings. The molecule has 3 fully saturated rings. The second-order valence-corrected chi connectivity index (χ2v) is 5.16. The second kappa shape index (κ2) is 3.46. The average molecular weight is 210 g/mol. The van der Waals surface area contributed by atoms with E-state index in [1.54, 1.807) is 0 Å². The van der Waals surface area contributed by atoms with E-state index in [2.05, 4.69) is 10.6 Å². The second-order valence-electron chi connectivity index (χ2n) is 5.16. The lowest BCUT2D eigenvalue weighted by atomic mass is 9.78. The first kappa shape index (κ1) is 9.60. The van der Waals surface area contributed by atoms with E-state index in [4.69, 9.17) is 5.11 Å². The number of hydrogen-bond acceptors (Lipinski definition) is 3. The zero-order valence-electron chi connectivity index (χ0n) is 8.78. The molecule has 3 aliphatic rings. The Morgan fingerprint density at radius 2 is 1.93 bits per heavy atom. The number of carboxylic acid groups (broad SMARTS) is 1. The molecule has 0 aromatic heterocycles. The van der Waals surface area contributed by atoms with E-state index in [1.165, 1.54) is 25.7 Å². The highest BCUT2D eigenvalue weighted by Crippen LogP contribution is 2.41. The molecule has 4 heteroatoms. The monoisotopic (exact) mass is 210 g/mol. The lowest BCUT2D eigenvalue weighted by molar-refractivity contribution is -0.139. The Morgan fingerprint density at radius 1 is 1.13 bits per heavy atom. The molecule has 5 atom stereocenters. The molecule has 1 saturated carbocycles. The maximum Gasteiger partial charge on any atom is 0.320 e. The third kappa shape index (κ3) is 1.47. The molecular formula is C11H18N2O2. The number of hydrogen-bond donors (Lipinski definition) is 3. The molecule has 0 amide bonds. The minimum absolute atomic E-state index is 0.263. The molecule has 2 saturated heterocycles. The number of nitrogens with one attached hydrogen (secondary N) is 2. The fourth-order valence-electron chi connectivity index (χ4n) is 3.69. The lowest BCUT2D eigenvalue weighted by Gasteiger charge is -2.28. The molecule has 5 unspecified atom stereocenters. The molecule has 4 nitrogen and oxygen atoms in total. The summed E-state index contributed by atoms with van der Waals surface area (Å²) in [4.78, 5) is 10.9. The van der Waals surface area contributed by atoms with Gasteiger partial charge < -0.3 is 5.11 Å². The third-order valence-corrected chi connectivity index (χ3v) is 4.38. The van der Waals surface area contributed by atoms with Crippen molar-refractivity contribution in [1.82, 2.24) is 10.6 Å². The van der Waals surface area contributed by atoms with Crippen molar-refractivity contribution < 1.29 is 9.90 Å². The van der Waals surface area contributed by atoms with Crippen LogP contribution < -0.4 is 10.6 Å². The summed E-state index contributed by atoms with van der Waals surface area (Å²) in [6.45, 7) is 0. The molecule has 0 aromatic carbocycles. The fourth-order valence-corrected chi connectivity index (χ4v) is 3.69. The van der Waals surface area contributed by atoms with Crippen LogP contribution in [0.2, 0.25) is 0 Å². The molecule has 2 heterocycles. The van der Waals surface area contributed by atoms with Crippen LogP contribution in [-0.2, 0) is 4.79 Å². The Labute approximate surface area is 89.4 Å². The van der Waals surface area contributed by atoms with Crippen molar-refractivity contribution in [3.8, 4) is 0 Å². The molecule has 1 aliphatic carbocycles. The highest BCUT2D eigenvalue weighted by molar-refractivity contribution is 5.74. The van der Waals surface area contributed by atoms with Crippen molar-refractivity contribution in [2.75, 3.05) is 0 Å². The number of carbonyl (C=O) groups is 1. The first-order chi connectivity index (χ1) is 7.25. The van der Waals surface area contributed by atoms with Crippen LogP contribution in [-0.4, -0.2) is 29.3 Å². The maximum atomic E-state index is 10.9. The summed E-state index contributed by atoms with van der Waals surface area (Å²) in [5.41, 5.74) is 0. The maximum absolute atomic E-state index is 10.9. The van der Waals surface area contributed by atoms with Gasteiger partial charge in [0.2, 0.25) is 0 Å². The number of carboxylic acids is 1. The van der Waals surface area contributed by atoms with Crippen LogP contribution in [0.4, 0.5) is 0 Å². The topological polar surface area (TPSA) is 61.4 Å². The van der Waals surface area contributed by atoms with Crippen molar-refractivity contribution in [3.63, 3.8) is 0 Å². The summed E-state index contributed by atoms with van der Waals surface area (Å²) < 4.78 is 0. The van der Waals surface area contributed by atoms with Crippen molar-refractivity contribution in [2.24, 2.45) is 11.8 Å². The summed E-state index contributed by atoms with van der Waals surface area (Å²) in [5.74, 6) is 0.579. The molecule has 15 heavy (non-hydrogen) atoms. The van der Waals surface area contributed by atoms with Crippen LogP contribution in [0.25, 0.3) is 0 Å². The van der Waals surface area contributed by atoms with E-state index in [0.717, 1.165) is 12.3 Å². The van der Waals surface area contributed by atoms with Crippen LogP contribution in [0.5, 0.6) is 0 Å². The third-order valence-electron chi connectivity index (χ3n) is 4.38. The standard InChI is InChI=1S/C11H18N2O2/c14-11(15)9-5-7-6-3-1-2-4-8(6)12-10(7)13-9/h6-10,12-13H,1-5H2,(H,14,15). The van der Waals surface area contributed by atoms with E-state index < -0.39 is 5.97 Å². The summed E-state index contributed by atoms with van der Waals surface area (Å²) >= 11 is 0. The molecule has 3 N–H and O–H groups in total. The zero-order valence-corrected chi connectivity index (χ0v) is 8.78. The van der Waals surface area contributed by atoms with Gasteiger partial charge in [0.25, 0.3) is 0 Å². The summed E-state index contributed by atoms with van der Waals surface area (Å²) in [5, 5.41) is 15.7. The van der Waals surface area contributed by atoms with Crippen molar-refractivity contribution in [3.05, 3.63) is 0 Å². The van der Waals surface area contributed by atoms with E-state index in [1.807, 2.05) is 0 Å². The summed E-state index contributed by atoms with van der Waals surface area (Å²) in [6.07, 6.45) is 6.29.